The molecule has 3 aromatic rings. The molecule has 2 heterocycles. The SMILES string of the molecule is O=C(CC1CCCCC1)Nc1ccc(-c2cn3cccnc3n2)cc1. The number of benzene rings is 1. The molecule has 1 saturated carbocycles. The molecule has 1 aromatic carbocycles. The molecule has 0 atom stereocenters. The first-order chi connectivity index (χ1) is 12.3. The lowest BCUT2D eigenvalue weighted by Crippen LogP contribution is -2.18. The Labute approximate surface area is 147 Å². The van der Waals surface area contributed by atoms with E-state index < -0.39 is 0 Å². The molecule has 0 unspecified atom stereocenters. The van der Waals surface area contributed by atoms with Gasteiger partial charge >= 0.3 is 0 Å². The van der Waals surface area contributed by atoms with E-state index in [9.17, 15) is 4.79 Å². The van der Waals surface area contributed by atoms with Gasteiger partial charge in [0.1, 0.15) is 0 Å². The predicted molar refractivity (Wildman–Crippen MR) is 98.2 cm³/mol. The molecule has 4 rings (SSSR count). The maximum atomic E-state index is 12.2. The van der Waals surface area contributed by atoms with Gasteiger partial charge in [0, 0.05) is 36.3 Å². The Morgan fingerprint density at radius 2 is 1.96 bits per heavy atom. The van der Waals surface area contributed by atoms with Gasteiger partial charge in [-0.3, -0.25) is 9.20 Å². The average molecular weight is 334 g/mol. The van der Waals surface area contributed by atoms with E-state index in [2.05, 4.69) is 15.3 Å². The highest BCUT2D eigenvalue weighted by Crippen LogP contribution is 2.27. The number of rotatable bonds is 4. The number of hydrogen-bond donors (Lipinski definition) is 1. The van der Waals surface area contributed by atoms with E-state index >= 15 is 0 Å². The summed E-state index contributed by atoms with van der Waals surface area (Å²) in [4.78, 5) is 21.0. The third-order valence-electron chi connectivity index (χ3n) is 4.90. The second-order valence-electron chi connectivity index (χ2n) is 6.79. The minimum atomic E-state index is 0.122. The van der Waals surface area contributed by atoms with E-state index in [4.69, 9.17) is 0 Å². The van der Waals surface area contributed by atoms with E-state index in [0.717, 1.165) is 16.9 Å². The summed E-state index contributed by atoms with van der Waals surface area (Å²) in [6, 6.07) is 9.72. The van der Waals surface area contributed by atoms with Gasteiger partial charge in [-0.05, 0) is 37.0 Å². The van der Waals surface area contributed by atoms with Crippen LogP contribution in [0, 0.1) is 5.92 Å². The lowest BCUT2D eigenvalue weighted by molar-refractivity contribution is -0.117. The molecule has 0 bridgehead atoms. The second-order valence-corrected chi connectivity index (χ2v) is 6.79. The molecular weight excluding hydrogens is 312 g/mol. The van der Waals surface area contributed by atoms with Crippen LogP contribution in [0.15, 0.2) is 48.9 Å². The summed E-state index contributed by atoms with van der Waals surface area (Å²) < 4.78 is 1.90. The lowest BCUT2D eigenvalue weighted by Gasteiger charge is -2.20. The zero-order valence-electron chi connectivity index (χ0n) is 14.2. The molecule has 1 amide bonds. The van der Waals surface area contributed by atoms with E-state index in [-0.39, 0.29) is 5.91 Å². The Balaban J connectivity index is 1.41. The molecule has 5 heteroatoms. The summed E-state index contributed by atoms with van der Waals surface area (Å²) in [5.41, 5.74) is 2.72. The predicted octanol–water partition coefficient (Wildman–Crippen LogP) is 4.31. The standard InChI is InChI=1S/C20H22N4O/c25-19(13-15-5-2-1-3-6-15)22-17-9-7-16(8-10-17)18-14-24-12-4-11-21-20(24)23-18/h4,7-12,14-15H,1-3,5-6,13H2,(H,22,25). The van der Waals surface area contributed by atoms with Gasteiger partial charge in [0.2, 0.25) is 11.7 Å². The number of amides is 1. The largest absolute Gasteiger partial charge is 0.326 e. The lowest BCUT2D eigenvalue weighted by atomic mass is 9.87. The molecule has 25 heavy (non-hydrogen) atoms. The van der Waals surface area contributed by atoms with Crippen molar-refractivity contribution in [1.29, 1.82) is 0 Å². The number of nitrogens with zero attached hydrogens (tertiary/aromatic N) is 3. The fourth-order valence-corrected chi connectivity index (χ4v) is 3.56. The van der Waals surface area contributed by atoms with Gasteiger partial charge in [0.25, 0.3) is 0 Å². The van der Waals surface area contributed by atoms with Crippen LogP contribution in [-0.2, 0) is 4.79 Å². The topological polar surface area (TPSA) is 59.3 Å². The molecule has 128 valence electrons. The van der Waals surface area contributed by atoms with Gasteiger partial charge in [-0.25, -0.2) is 9.97 Å². The summed E-state index contributed by atoms with van der Waals surface area (Å²) >= 11 is 0. The van der Waals surface area contributed by atoms with Crippen molar-refractivity contribution in [3.05, 3.63) is 48.9 Å². The molecule has 1 aliphatic rings. The first kappa shape index (κ1) is 15.8. The average Bonchev–Trinajstić information content (AvgIpc) is 3.07. The van der Waals surface area contributed by atoms with Crippen LogP contribution in [0.5, 0.6) is 0 Å². The highest BCUT2D eigenvalue weighted by atomic mass is 16.1. The van der Waals surface area contributed by atoms with Gasteiger partial charge in [0.15, 0.2) is 0 Å². The quantitative estimate of drug-likeness (QED) is 0.773. The van der Waals surface area contributed by atoms with Crippen LogP contribution in [0.25, 0.3) is 17.0 Å². The van der Waals surface area contributed by atoms with Crippen LogP contribution in [0.2, 0.25) is 0 Å². The van der Waals surface area contributed by atoms with Crippen molar-refractivity contribution in [2.45, 2.75) is 38.5 Å². The van der Waals surface area contributed by atoms with Crippen molar-refractivity contribution in [2.24, 2.45) is 5.92 Å². The Kier molecular flexibility index (Phi) is 4.46. The third-order valence-corrected chi connectivity index (χ3v) is 4.90. The van der Waals surface area contributed by atoms with Crippen molar-refractivity contribution in [2.75, 3.05) is 5.32 Å². The maximum absolute atomic E-state index is 12.2. The van der Waals surface area contributed by atoms with Crippen molar-refractivity contribution < 1.29 is 4.79 Å². The Morgan fingerprint density at radius 1 is 1.16 bits per heavy atom. The van der Waals surface area contributed by atoms with Crippen LogP contribution in [0.1, 0.15) is 38.5 Å². The fraction of sp³-hybridized carbons (Fsp3) is 0.350. The maximum Gasteiger partial charge on any atom is 0.234 e. The van der Waals surface area contributed by atoms with Crippen molar-refractivity contribution in [3.63, 3.8) is 0 Å². The molecule has 1 N–H and O–H groups in total. The zero-order valence-corrected chi connectivity index (χ0v) is 14.2. The van der Waals surface area contributed by atoms with E-state index in [1.54, 1.807) is 6.20 Å². The van der Waals surface area contributed by atoms with Crippen molar-refractivity contribution in [3.8, 4) is 11.3 Å². The van der Waals surface area contributed by atoms with Crippen molar-refractivity contribution >= 4 is 17.4 Å². The minimum Gasteiger partial charge on any atom is -0.326 e. The summed E-state index contributed by atoms with van der Waals surface area (Å²) in [5, 5.41) is 3.02. The molecule has 2 aromatic heterocycles. The zero-order chi connectivity index (χ0) is 17.1. The molecule has 5 nitrogen and oxygen atoms in total. The molecule has 0 aliphatic heterocycles. The van der Waals surface area contributed by atoms with Gasteiger partial charge in [-0.15, -0.1) is 0 Å². The summed E-state index contributed by atoms with van der Waals surface area (Å²) in [7, 11) is 0. The van der Waals surface area contributed by atoms with Gasteiger partial charge in [0.05, 0.1) is 5.69 Å². The first-order valence-corrected chi connectivity index (χ1v) is 8.98. The van der Waals surface area contributed by atoms with E-state index in [1.807, 2.05) is 47.1 Å². The van der Waals surface area contributed by atoms with Crippen LogP contribution in [0.4, 0.5) is 5.69 Å². The Morgan fingerprint density at radius 3 is 2.72 bits per heavy atom. The van der Waals surface area contributed by atoms with Crippen LogP contribution >= 0.6 is 0 Å². The number of carbonyl (C=O) groups is 1. The number of nitrogens with one attached hydrogen (secondary N) is 1. The Hall–Kier alpha value is -2.69. The van der Waals surface area contributed by atoms with Gasteiger partial charge in [-0.1, -0.05) is 31.4 Å². The van der Waals surface area contributed by atoms with Crippen LogP contribution in [0.3, 0.4) is 0 Å². The van der Waals surface area contributed by atoms with Crippen molar-refractivity contribution in [1.82, 2.24) is 14.4 Å². The number of fused-ring (bicyclic) bond motifs is 1. The van der Waals surface area contributed by atoms with Gasteiger partial charge < -0.3 is 5.32 Å². The molecule has 0 radical (unpaired) electrons. The monoisotopic (exact) mass is 334 g/mol. The van der Waals surface area contributed by atoms with E-state index in [1.165, 1.54) is 32.1 Å². The number of imidazole rings is 1. The molecule has 1 fully saturated rings. The van der Waals surface area contributed by atoms with E-state index in [0.29, 0.717) is 18.1 Å². The number of carbonyl (C=O) groups excluding carboxylic acids is 1. The number of anilines is 1. The van der Waals surface area contributed by atoms with Crippen LogP contribution < -0.4 is 5.32 Å². The number of hydrogen-bond acceptors (Lipinski definition) is 3. The second kappa shape index (κ2) is 7.05. The summed E-state index contributed by atoms with van der Waals surface area (Å²) in [5.74, 6) is 1.36. The third kappa shape index (κ3) is 3.71. The van der Waals surface area contributed by atoms with Gasteiger partial charge in [-0.2, -0.15) is 0 Å². The fourth-order valence-electron chi connectivity index (χ4n) is 3.56. The van der Waals surface area contributed by atoms with Crippen LogP contribution in [-0.4, -0.2) is 20.3 Å². The number of aromatic nitrogens is 3. The first-order valence-electron chi connectivity index (χ1n) is 8.98. The highest BCUT2D eigenvalue weighted by Gasteiger charge is 2.17. The molecule has 1 aliphatic carbocycles. The molecule has 0 saturated heterocycles. The minimum absolute atomic E-state index is 0.122. The normalized spacial score (nSPS) is 15.4. The summed E-state index contributed by atoms with van der Waals surface area (Å²) in [6.45, 7) is 0. The smallest absolute Gasteiger partial charge is 0.234 e. The Bertz CT molecular complexity index is 830. The molecule has 0 spiro atoms. The molecular formula is C20H22N4O. The highest BCUT2D eigenvalue weighted by molar-refractivity contribution is 5.91. The summed E-state index contributed by atoms with van der Waals surface area (Å²) in [6.07, 6.45) is 12.5.